The summed E-state index contributed by atoms with van der Waals surface area (Å²) in [4.78, 5) is 7.51. The molecule has 0 spiro atoms. The van der Waals surface area contributed by atoms with E-state index >= 15 is 0 Å². The topological polar surface area (TPSA) is 76.8 Å². The third-order valence-electron chi connectivity index (χ3n) is 5.60. The lowest BCUT2D eigenvalue weighted by molar-refractivity contribution is 0.283. The first-order chi connectivity index (χ1) is 12.9. The molecule has 0 amide bonds. The molecule has 0 radical (unpaired) electrons. The van der Waals surface area contributed by atoms with E-state index in [1.807, 2.05) is 6.07 Å². The van der Waals surface area contributed by atoms with Crippen molar-refractivity contribution in [1.82, 2.24) is 9.21 Å². The highest BCUT2D eigenvalue weighted by Gasteiger charge is 2.48. The standard InChI is InChI=1S/C22H38N4O2S/c1-20(2,3)17-16-13-15(26(12-11-23)29(10,27)28)14-25(16)19(22(7,8)9)24-18(17)21(4,5)6/h15,18H,12-14H2,1-10H3. The highest BCUT2D eigenvalue weighted by atomic mass is 32.2. The number of aliphatic imine (C=N–C) groups is 1. The molecule has 0 aromatic heterocycles. The zero-order chi connectivity index (χ0) is 22.6. The number of sulfonamides is 1. The van der Waals surface area contributed by atoms with Gasteiger partial charge in [0.1, 0.15) is 12.4 Å². The van der Waals surface area contributed by atoms with Crippen molar-refractivity contribution in [2.24, 2.45) is 21.2 Å². The Morgan fingerprint density at radius 3 is 2.03 bits per heavy atom. The Bertz CT molecular complexity index is 858. The second kappa shape index (κ2) is 7.39. The van der Waals surface area contributed by atoms with E-state index in [2.05, 4.69) is 67.2 Å². The van der Waals surface area contributed by atoms with Crippen molar-refractivity contribution >= 4 is 15.9 Å². The molecule has 2 aliphatic rings. The number of amidine groups is 1. The molecule has 1 saturated heterocycles. The molecule has 2 unspecified atom stereocenters. The second-order valence-electron chi connectivity index (χ2n) is 11.5. The fraction of sp³-hybridized carbons (Fsp3) is 0.818. The minimum Gasteiger partial charge on any atom is -0.332 e. The van der Waals surface area contributed by atoms with Gasteiger partial charge in [-0.15, -0.1) is 0 Å². The molecule has 1 fully saturated rings. The lowest BCUT2D eigenvalue weighted by atomic mass is 9.70. The summed E-state index contributed by atoms with van der Waals surface area (Å²) < 4.78 is 26.2. The van der Waals surface area contributed by atoms with Crippen LogP contribution in [0.25, 0.3) is 0 Å². The molecule has 6 nitrogen and oxygen atoms in total. The lowest BCUT2D eigenvalue weighted by Crippen LogP contribution is -2.48. The van der Waals surface area contributed by atoms with Gasteiger partial charge in [0, 0.05) is 30.1 Å². The normalized spacial score (nSPS) is 23.9. The number of nitrogens with zero attached hydrogens (tertiary/aromatic N) is 4. The Hall–Kier alpha value is -1.39. The molecule has 164 valence electrons. The lowest BCUT2D eigenvalue weighted by Gasteiger charge is -2.45. The van der Waals surface area contributed by atoms with E-state index in [0.717, 1.165) is 5.84 Å². The van der Waals surface area contributed by atoms with Gasteiger partial charge >= 0.3 is 0 Å². The summed E-state index contributed by atoms with van der Waals surface area (Å²) in [5.74, 6) is 1.01. The second-order valence-corrected chi connectivity index (χ2v) is 13.5. The van der Waals surface area contributed by atoms with Crippen LogP contribution in [0.5, 0.6) is 0 Å². The molecule has 0 aromatic rings. The minimum absolute atomic E-state index is 0.0318. The summed E-state index contributed by atoms with van der Waals surface area (Å²) in [6.07, 6.45) is 1.81. The zero-order valence-electron chi connectivity index (χ0n) is 19.8. The average Bonchev–Trinajstić information content (AvgIpc) is 2.90. The smallest absolute Gasteiger partial charge is 0.212 e. The number of nitriles is 1. The highest BCUT2D eigenvalue weighted by molar-refractivity contribution is 7.88. The minimum atomic E-state index is -3.48. The van der Waals surface area contributed by atoms with E-state index in [-0.39, 0.29) is 34.9 Å². The SMILES string of the molecule is CC(C)(C)C1=NC(C(C)(C)C)C(C(C)(C)C)=C2CC(N(CC#N)S(C)(=O)=O)CN12. The molecule has 2 aliphatic heterocycles. The van der Waals surface area contributed by atoms with E-state index in [1.165, 1.54) is 21.8 Å². The van der Waals surface area contributed by atoms with Gasteiger partial charge in [0.25, 0.3) is 0 Å². The van der Waals surface area contributed by atoms with Crippen molar-refractivity contribution < 1.29 is 8.42 Å². The van der Waals surface area contributed by atoms with Gasteiger partial charge < -0.3 is 4.90 Å². The van der Waals surface area contributed by atoms with E-state index in [1.54, 1.807) is 0 Å². The Labute approximate surface area is 177 Å². The van der Waals surface area contributed by atoms with Crippen LogP contribution < -0.4 is 0 Å². The molecule has 0 aliphatic carbocycles. The monoisotopic (exact) mass is 422 g/mol. The molecule has 2 atom stereocenters. The number of rotatable bonds is 3. The summed E-state index contributed by atoms with van der Waals surface area (Å²) in [6, 6.07) is 1.80. The first kappa shape index (κ1) is 23.9. The number of hydrogen-bond acceptors (Lipinski definition) is 5. The number of hydrogen-bond donors (Lipinski definition) is 0. The Morgan fingerprint density at radius 2 is 1.66 bits per heavy atom. The van der Waals surface area contributed by atoms with Crippen LogP contribution in [-0.4, -0.2) is 54.9 Å². The van der Waals surface area contributed by atoms with Crippen LogP contribution >= 0.6 is 0 Å². The van der Waals surface area contributed by atoms with Gasteiger partial charge in [-0.1, -0.05) is 62.3 Å². The predicted octanol–water partition coefficient (Wildman–Crippen LogP) is 4.02. The van der Waals surface area contributed by atoms with Crippen molar-refractivity contribution in [3.8, 4) is 6.07 Å². The maximum absolute atomic E-state index is 12.4. The Kier molecular flexibility index (Phi) is 6.08. The third kappa shape index (κ3) is 4.86. The summed E-state index contributed by atoms with van der Waals surface area (Å²) in [7, 11) is -3.48. The summed E-state index contributed by atoms with van der Waals surface area (Å²) >= 11 is 0. The summed E-state index contributed by atoms with van der Waals surface area (Å²) in [5.41, 5.74) is 2.15. The average molecular weight is 423 g/mol. The fourth-order valence-corrected chi connectivity index (χ4v) is 5.43. The third-order valence-corrected chi connectivity index (χ3v) is 6.88. The first-order valence-corrected chi connectivity index (χ1v) is 12.2. The Morgan fingerprint density at radius 1 is 1.10 bits per heavy atom. The van der Waals surface area contributed by atoms with Crippen LogP contribution in [0.2, 0.25) is 0 Å². The van der Waals surface area contributed by atoms with Gasteiger partial charge in [0.15, 0.2) is 0 Å². The van der Waals surface area contributed by atoms with Crippen LogP contribution in [0, 0.1) is 27.6 Å². The van der Waals surface area contributed by atoms with Gasteiger partial charge in [-0.05, 0) is 16.4 Å². The molecule has 7 heteroatoms. The maximum Gasteiger partial charge on any atom is 0.212 e. The molecular formula is C22H38N4O2S. The van der Waals surface area contributed by atoms with Gasteiger partial charge in [-0.3, -0.25) is 4.99 Å². The van der Waals surface area contributed by atoms with Gasteiger partial charge in [-0.25, -0.2) is 8.42 Å². The molecule has 0 aromatic carbocycles. The van der Waals surface area contributed by atoms with Gasteiger partial charge in [0.05, 0.1) is 18.4 Å². The molecule has 0 N–H and O–H groups in total. The quantitative estimate of drug-likeness (QED) is 0.644. The van der Waals surface area contributed by atoms with Crippen molar-refractivity contribution in [2.45, 2.75) is 80.8 Å². The molecule has 0 saturated carbocycles. The maximum atomic E-state index is 12.4. The van der Waals surface area contributed by atoms with Crippen molar-refractivity contribution in [3.63, 3.8) is 0 Å². The summed E-state index contributed by atoms with van der Waals surface area (Å²) in [5, 5.41) is 9.22. The van der Waals surface area contributed by atoms with Crippen LogP contribution in [0.3, 0.4) is 0 Å². The van der Waals surface area contributed by atoms with Crippen molar-refractivity contribution in [2.75, 3.05) is 19.3 Å². The predicted molar refractivity (Wildman–Crippen MR) is 119 cm³/mol. The van der Waals surface area contributed by atoms with E-state index in [9.17, 15) is 13.7 Å². The molecule has 29 heavy (non-hydrogen) atoms. The largest absolute Gasteiger partial charge is 0.332 e. The molecule has 2 heterocycles. The molecule has 0 bridgehead atoms. The van der Waals surface area contributed by atoms with Crippen molar-refractivity contribution in [3.05, 3.63) is 11.3 Å². The van der Waals surface area contributed by atoms with E-state index in [4.69, 9.17) is 4.99 Å². The van der Waals surface area contributed by atoms with E-state index in [0.29, 0.717) is 13.0 Å². The highest BCUT2D eigenvalue weighted by Crippen LogP contribution is 2.48. The van der Waals surface area contributed by atoms with Crippen molar-refractivity contribution in [1.29, 1.82) is 5.26 Å². The van der Waals surface area contributed by atoms with Gasteiger partial charge in [-0.2, -0.15) is 9.57 Å². The molecule has 2 rings (SSSR count). The van der Waals surface area contributed by atoms with Crippen LogP contribution in [0.4, 0.5) is 0 Å². The fourth-order valence-electron chi connectivity index (χ4n) is 4.45. The Balaban J connectivity index is 2.70. The van der Waals surface area contributed by atoms with Gasteiger partial charge in [0.2, 0.25) is 10.0 Å². The van der Waals surface area contributed by atoms with Crippen LogP contribution in [0.15, 0.2) is 16.3 Å². The molecular weight excluding hydrogens is 384 g/mol. The van der Waals surface area contributed by atoms with E-state index < -0.39 is 10.0 Å². The van der Waals surface area contributed by atoms with Crippen LogP contribution in [-0.2, 0) is 10.0 Å². The van der Waals surface area contributed by atoms with Crippen LogP contribution in [0.1, 0.15) is 68.7 Å². The number of fused-ring (bicyclic) bond motifs is 1. The summed E-state index contributed by atoms with van der Waals surface area (Å²) in [6.45, 7) is 20.2. The first-order valence-electron chi connectivity index (χ1n) is 10.3. The zero-order valence-corrected chi connectivity index (χ0v) is 20.6.